The Morgan fingerprint density at radius 3 is 1.43 bits per heavy atom. The van der Waals surface area contributed by atoms with E-state index in [1.807, 2.05) is 11.3 Å². The lowest BCUT2D eigenvalue weighted by Crippen LogP contribution is -2.10. The summed E-state index contributed by atoms with van der Waals surface area (Å²) in [6.45, 7) is 0. The summed E-state index contributed by atoms with van der Waals surface area (Å²) in [6.07, 6.45) is 0. The second-order valence-electron chi connectivity index (χ2n) is 16.1. The van der Waals surface area contributed by atoms with Gasteiger partial charge in [0.05, 0.1) is 16.7 Å². The number of para-hydroxylation sites is 3. The normalized spacial score (nSPS) is 11.5. The SMILES string of the molecule is c1ccc(-c2cccc(-c3cccc(N(c4cccc(-c5ccccc5)c4)c4cc(-c5ccccc5-n5c6ccccc6c6ccccc65)c5sc6ccccc6c5c4)c3)c2)cc1. The third-order valence-corrected chi connectivity index (χ3v) is 13.6. The second-order valence-corrected chi connectivity index (χ2v) is 17.2. The van der Waals surface area contributed by atoms with Gasteiger partial charge >= 0.3 is 0 Å². The highest BCUT2D eigenvalue weighted by atomic mass is 32.1. The highest BCUT2D eigenvalue weighted by Gasteiger charge is 2.22. The average molecular weight is 821 g/mol. The minimum atomic E-state index is 1.09. The summed E-state index contributed by atoms with van der Waals surface area (Å²) in [5.74, 6) is 0. The molecule has 12 rings (SSSR count). The van der Waals surface area contributed by atoms with E-state index in [4.69, 9.17) is 0 Å². The number of hydrogen-bond donors (Lipinski definition) is 0. The van der Waals surface area contributed by atoms with Crippen LogP contribution < -0.4 is 4.90 Å². The lowest BCUT2D eigenvalue weighted by atomic mass is 9.97. The van der Waals surface area contributed by atoms with Crippen LogP contribution in [-0.2, 0) is 0 Å². The largest absolute Gasteiger partial charge is 0.310 e. The summed E-state index contributed by atoms with van der Waals surface area (Å²) in [4.78, 5) is 2.45. The maximum absolute atomic E-state index is 2.46. The standard InChI is InChI=1S/C60H40N2S/c1-3-18-41(19-4-1)43-22-15-23-44(36-43)46-25-17-27-48(38-46)61(47-26-16-24-45(37-47)42-20-5-2-6-21-42)49-39-54(60-55(40-49)53-31-10-14-35-59(53)63-60)52-30-9-13-34-58(52)62-56-32-11-7-28-50(56)51-29-8-12-33-57(51)62/h1-40H. The van der Waals surface area contributed by atoms with Crippen molar-refractivity contribution in [2.24, 2.45) is 0 Å². The van der Waals surface area contributed by atoms with E-state index in [9.17, 15) is 0 Å². The van der Waals surface area contributed by atoms with E-state index in [-0.39, 0.29) is 0 Å². The van der Waals surface area contributed by atoms with Crippen molar-refractivity contribution in [2.75, 3.05) is 4.90 Å². The van der Waals surface area contributed by atoms with Crippen LogP contribution in [0.5, 0.6) is 0 Å². The predicted molar refractivity (Wildman–Crippen MR) is 270 cm³/mol. The Hall–Kier alpha value is -7.98. The van der Waals surface area contributed by atoms with Gasteiger partial charge in [-0.3, -0.25) is 0 Å². The molecule has 10 aromatic carbocycles. The first-order valence-electron chi connectivity index (χ1n) is 21.5. The van der Waals surface area contributed by atoms with Crippen LogP contribution in [0.4, 0.5) is 17.1 Å². The fourth-order valence-electron chi connectivity index (χ4n) is 9.46. The smallest absolute Gasteiger partial charge is 0.0541 e. The maximum atomic E-state index is 2.46. The van der Waals surface area contributed by atoms with Crippen molar-refractivity contribution in [3.8, 4) is 50.2 Å². The molecule has 296 valence electrons. The number of nitrogens with zero attached hydrogens (tertiary/aromatic N) is 2. The Kier molecular flexibility index (Phi) is 9.06. The van der Waals surface area contributed by atoms with Crippen LogP contribution in [0.3, 0.4) is 0 Å². The first kappa shape index (κ1) is 36.8. The summed E-state index contributed by atoms with van der Waals surface area (Å²) in [5.41, 5.74) is 16.3. The molecule has 2 aromatic heterocycles. The number of fused-ring (bicyclic) bond motifs is 6. The van der Waals surface area contributed by atoms with Gasteiger partial charge in [0, 0.05) is 59.1 Å². The van der Waals surface area contributed by atoms with Gasteiger partial charge in [0.1, 0.15) is 0 Å². The molecule has 0 bridgehead atoms. The van der Waals surface area contributed by atoms with Gasteiger partial charge in [0.15, 0.2) is 0 Å². The lowest BCUT2D eigenvalue weighted by Gasteiger charge is -2.28. The molecule has 0 aliphatic heterocycles. The molecule has 0 aliphatic carbocycles. The zero-order valence-corrected chi connectivity index (χ0v) is 35.2. The van der Waals surface area contributed by atoms with Crippen molar-refractivity contribution in [3.05, 3.63) is 243 Å². The molecule has 0 amide bonds. The van der Waals surface area contributed by atoms with Gasteiger partial charge in [-0.25, -0.2) is 0 Å². The lowest BCUT2D eigenvalue weighted by molar-refractivity contribution is 1.18. The van der Waals surface area contributed by atoms with Gasteiger partial charge in [0.25, 0.3) is 0 Å². The van der Waals surface area contributed by atoms with Gasteiger partial charge in [-0.05, 0) is 100 Å². The number of benzene rings is 10. The molecule has 0 saturated heterocycles. The Balaban J connectivity index is 1.11. The highest BCUT2D eigenvalue weighted by Crippen LogP contribution is 2.48. The minimum absolute atomic E-state index is 1.09. The topological polar surface area (TPSA) is 8.17 Å². The van der Waals surface area contributed by atoms with Gasteiger partial charge in [0.2, 0.25) is 0 Å². The fourth-order valence-corrected chi connectivity index (χ4v) is 10.7. The third kappa shape index (κ3) is 6.50. The molecule has 0 fully saturated rings. The van der Waals surface area contributed by atoms with Crippen LogP contribution in [0.15, 0.2) is 243 Å². The van der Waals surface area contributed by atoms with Gasteiger partial charge in [-0.2, -0.15) is 0 Å². The molecule has 2 heterocycles. The Morgan fingerprint density at radius 1 is 0.302 bits per heavy atom. The van der Waals surface area contributed by atoms with Crippen molar-refractivity contribution in [1.82, 2.24) is 4.57 Å². The summed E-state index contributed by atoms with van der Waals surface area (Å²) in [7, 11) is 0. The molecule has 0 saturated carbocycles. The number of aromatic nitrogens is 1. The first-order chi connectivity index (χ1) is 31.2. The van der Waals surface area contributed by atoms with E-state index in [1.165, 1.54) is 80.9 Å². The van der Waals surface area contributed by atoms with Gasteiger partial charge < -0.3 is 9.47 Å². The van der Waals surface area contributed by atoms with Crippen LogP contribution >= 0.6 is 11.3 Å². The molecule has 0 aliphatic rings. The second kappa shape index (κ2) is 15.5. The first-order valence-corrected chi connectivity index (χ1v) is 22.3. The quantitative estimate of drug-likeness (QED) is 0.148. The molecule has 0 N–H and O–H groups in total. The van der Waals surface area contributed by atoms with Crippen molar-refractivity contribution < 1.29 is 0 Å². The zero-order valence-electron chi connectivity index (χ0n) is 34.4. The molecule has 0 spiro atoms. The van der Waals surface area contributed by atoms with E-state index in [1.54, 1.807) is 0 Å². The van der Waals surface area contributed by atoms with E-state index in [0.717, 1.165) is 28.3 Å². The van der Waals surface area contributed by atoms with Crippen LogP contribution in [-0.4, -0.2) is 4.57 Å². The Labute approximate surface area is 370 Å². The molecule has 0 radical (unpaired) electrons. The van der Waals surface area contributed by atoms with Crippen LogP contribution in [0.2, 0.25) is 0 Å². The molecule has 0 atom stereocenters. The van der Waals surface area contributed by atoms with Crippen molar-refractivity contribution >= 4 is 70.4 Å². The predicted octanol–water partition coefficient (Wildman–Crippen LogP) is 17.3. The molecule has 12 aromatic rings. The van der Waals surface area contributed by atoms with E-state index < -0.39 is 0 Å². The van der Waals surface area contributed by atoms with Crippen LogP contribution in [0, 0.1) is 0 Å². The van der Waals surface area contributed by atoms with Crippen molar-refractivity contribution in [2.45, 2.75) is 0 Å². The Bertz CT molecular complexity index is 3580. The minimum Gasteiger partial charge on any atom is -0.310 e. The zero-order chi connectivity index (χ0) is 41.7. The third-order valence-electron chi connectivity index (χ3n) is 12.4. The highest BCUT2D eigenvalue weighted by molar-refractivity contribution is 7.26. The summed E-state index contributed by atoms with van der Waals surface area (Å²) >= 11 is 1.88. The number of anilines is 3. The number of hydrogen-bond acceptors (Lipinski definition) is 2. The molecule has 2 nitrogen and oxygen atoms in total. The van der Waals surface area contributed by atoms with Crippen molar-refractivity contribution in [1.29, 1.82) is 0 Å². The summed E-state index contributed by atoms with van der Waals surface area (Å²) in [5, 5.41) is 5.01. The summed E-state index contributed by atoms with van der Waals surface area (Å²) in [6, 6.07) is 88.5. The van der Waals surface area contributed by atoms with Gasteiger partial charge in [-0.15, -0.1) is 11.3 Å². The average Bonchev–Trinajstić information content (AvgIpc) is 3.91. The monoisotopic (exact) mass is 820 g/mol. The van der Waals surface area contributed by atoms with Crippen LogP contribution in [0.25, 0.3) is 92.2 Å². The maximum Gasteiger partial charge on any atom is 0.0541 e. The van der Waals surface area contributed by atoms with E-state index in [2.05, 4.69) is 252 Å². The molecule has 0 unspecified atom stereocenters. The molecular weight excluding hydrogens is 781 g/mol. The van der Waals surface area contributed by atoms with E-state index in [0.29, 0.717) is 0 Å². The van der Waals surface area contributed by atoms with E-state index >= 15 is 0 Å². The summed E-state index contributed by atoms with van der Waals surface area (Å²) < 4.78 is 5.01. The molecular formula is C60H40N2S. The number of rotatable bonds is 8. The fraction of sp³-hybridized carbons (Fsp3) is 0. The molecule has 63 heavy (non-hydrogen) atoms. The van der Waals surface area contributed by atoms with Crippen molar-refractivity contribution in [3.63, 3.8) is 0 Å². The van der Waals surface area contributed by atoms with Crippen LogP contribution in [0.1, 0.15) is 0 Å². The van der Waals surface area contributed by atoms with Gasteiger partial charge in [-0.1, -0.05) is 176 Å². The molecule has 3 heteroatoms. The number of thiophene rings is 1. The Morgan fingerprint density at radius 2 is 0.778 bits per heavy atom.